The van der Waals surface area contributed by atoms with Crippen LogP contribution < -0.4 is 10.8 Å². The number of carbonyl (C=O) groups is 1. The first-order valence-electron chi connectivity index (χ1n) is 13.9. The Morgan fingerprint density at radius 1 is 1.11 bits per heavy atom. The first-order valence-corrected chi connectivity index (χ1v) is 15.0. The van der Waals surface area contributed by atoms with E-state index >= 15 is 0 Å². The summed E-state index contributed by atoms with van der Waals surface area (Å²) in [6.45, 7) is 7.27. The second-order valence-corrected chi connectivity index (χ2v) is 12.9. The number of hydrogen-bond donors (Lipinski definition) is 5. The van der Waals surface area contributed by atoms with Gasteiger partial charge in [0.05, 0.1) is 18.1 Å². The average Bonchev–Trinajstić information content (AvgIpc) is 3.25. The van der Waals surface area contributed by atoms with Crippen molar-refractivity contribution >= 4 is 17.7 Å². The van der Waals surface area contributed by atoms with E-state index in [4.69, 9.17) is 9.57 Å². The summed E-state index contributed by atoms with van der Waals surface area (Å²) in [6, 6.07) is -0.545. The number of hydrogen-bond acceptors (Lipinski definition) is 8. The fourth-order valence-electron chi connectivity index (χ4n) is 6.50. The van der Waals surface area contributed by atoms with Crippen molar-refractivity contribution in [1.29, 1.82) is 0 Å². The third kappa shape index (κ3) is 6.47. The van der Waals surface area contributed by atoms with Crippen LogP contribution >= 0.6 is 11.8 Å². The maximum absolute atomic E-state index is 13.8. The van der Waals surface area contributed by atoms with Gasteiger partial charge in [-0.3, -0.25) is 9.63 Å². The van der Waals surface area contributed by atoms with Crippen LogP contribution in [-0.4, -0.2) is 75.5 Å². The predicted octanol–water partition coefficient (Wildman–Crippen LogP) is 2.37. The van der Waals surface area contributed by atoms with E-state index in [1.54, 1.807) is 0 Å². The van der Waals surface area contributed by atoms with Crippen LogP contribution in [0.5, 0.6) is 0 Å². The molecule has 2 bridgehead atoms. The molecule has 3 heterocycles. The Kier molecular flexibility index (Phi) is 10.2. The second kappa shape index (κ2) is 12.9. The molecule has 0 aromatic carbocycles. The lowest BCUT2D eigenvalue weighted by atomic mass is 9.79. The molecule has 206 valence electrons. The highest BCUT2D eigenvalue weighted by atomic mass is 32.2. The zero-order chi connectivity index (χ0) is 25.8. The van der Waals surface area contributed by atoms with Crippen molar-refractivity contribution in [3.05, 3.63) is 12.2 Å². The van der Waals surface area contributed by atoms with Gasteiger partial charge in [-0.15, -0.1) is 11.8 Å². The smallest absolute Gasteiger partial charge is 0.226 e. The number of rotatable bonds is 4. The van der Waals surface area contributed by atoms with Gasteiger partial charge in [0.1, 0.15) is 29.9 Å². The number of aliphatic hydroxyl groups excluding tert-OH is 3. The molecule has 1 aliphatic carbocycles. The normalized spacial score (nSPS) is 45.1. The average molecular weight is 527 g/mol. The summed E-state index contributed by atoms with van der Waals surface area (Å²) in [4.78, 5) is 19.8. The van der Waals surface area contributed by atoms with Gasteiger partial charge < -0.3 is 25.4 Å². The van der Waals surface area contributed by atoms with Crippen molar-refractivity contribution < 1.29 is 29.7 Å². The SMILES string of the molecule is CC(C)C[C@@H]1CCC[C@H](C(=O)N[C@H]2[C@H]3O[C@H](SCCCC/C=C/[C@@H]2C)[C@H](O)[C@@H](O)[C@H]3O)[C@@H]2ONCC12. The molecule has 1 amide bonds. The Bertz CT molecular complexity index is 754. The summed E-state index contributed by atoms with van der Waals surface area (Å²) in [6.07, 6.45) is 6.31. The largest absolute Gasteiger partial charge is 0.388 e. The van der Waals surface area contributed by atoms with Crippen molar-refractivity contribution in [1.82, 2.24) is 10.8 Å². The van der Waals surface area contributed by atoms with Gasteiger partial charge in [-0.2, -0.15) is 0 Å². The quantitative estimate of drug-likeness (QED) is 0.354. The van der Waals surface area contributed by atoms with Gasteiger partial charge in [-0.05, 0) is 62.0 Å². The molecule has 36 heavy (non-hydrogen) atoms. The second-order valence-electron chi connectivity index (χ2n) is 11.7. The van der Waals surface area contributed by atoms with Crippen LogP contribution in [0.2, 0.25) is 0 Å². The molecule has 0 aromatic rings. The lowest BCUT2D eigenvalue weighted by Crippen LogP contribution is -2.64. The molecule has 9 heteroatoms. The molecule has 3 aliphatic heterocycles. The third-order valence-corrected chi connectivity index (χ3v) is 9.73. The van der Waals surface area contributed by atoms with Crippen LogP contribution in [0.1, 0.15) is 65.7 Å². The van der Waals surface area contributed by atoms with E-state index in [1.165, 1.54) is 11.8 Å². The highest BCUT2D eigenvalue weighted by Gasteiger charge is 2.50. The Morgan fingerprint density at radius 3 is 2.69 bits per heavy atom. The van der Waals surface area contributed by atoms with E-state index in [-0.39, 0.29) is 23.8 Å². The molecule has 8 nitrogen and oxygen atoms in total. The molecule has 0 radical (unpaired) electrons. The summed E-state index contributed by atoms with van der Waals surface area (Å²) in [5, 5.41) is 35.4. The molecule has 1 unspecified atom stereocenters. The Balaban J connectivity index is 1.55. The molecular weight excluding hydrogens is 480 g/mol. The van der Waals surface area contributed by atoms with Crippen LogP contribution in [0.15, 0.2) is 12.2 Å². The van der Waals surface area contributed by atoms with Crippen molar-refractivity contribution in [3.8, 4) is 0 Å². The maximum Gasteiger partial charge on any atom is 0.226 e. The fourth-order valence-corrected chi connectivity index (χ4v) is 7.67. The van der Waals surface area contributed by atoms with Crippen LogP contribution in [0.4, 0.5) is 0 Å². The molecule has 0 aromatic heterocycles. The Morgan fingerprint density at radius 2 is 1.92 bits per heavy atom. The number of thioether (sulfide) groups is 1. The van der Waals surface area contributed by atoms with E-state index in [0.29, 0.717) is 17.8 Å². The minimum absolute atomic E-state index is 0.0862. The topological polar surface area (TPSA) is 120 Å². The van der Waals surface area contributed by atoms with Crippen molar-refractivity contribution in [2.75, 3.05) is 12.3 Å². The summed E-state index contributed by atoms with van der Waals surface area (Å²) >= 11 is 1.47. The van der Waals surface area contributed by atoms with Crippen LogP contribution in [0.25, 0.3) is 0 Å². The van der Waals surface area contributed by atoms with Crippen LogP contribution in [0.3, 0.4) is 0 Å². The van der Waals surface area contributed by atoms with Crippen molar-refractivity contribution in [2.24, 2.45) is 29.6 Å². The third-order valence-electron chi connectivity index (χ3n) is 8.49. The number of allylic oxidation sites excluding steroid dienone is 1. The lowest BCUT2D eigenvalue weighted by molar-refractivity contribution is -0.207. The number of amides is 1. The van der Waals surface area contributed by atoms with Gasteiger partial charge in [-0.25, -0.2) is 5.48 Å². The molecule has 1 saturated carbocycles. The number of nitrogens with one attached hydrogen (secondary N) is 2. The Labute approximate surface area is 219 Å². The van der Waals surface area contributed by atoms with Crippen molar-refractivity contribution in [2.45, 2.75) is 108 Å². The van der Waals surface area contributed by atoms with E-state index in [2.05, 4.69) is 36.8 Å². The molecular formula is C27H46N2O6S. The first-order chi connectivity index (χ1) is 17.3. The molecule has 2 saturated heterocycles. The zero-order valence-electron chi connectivity index (χ0n) is 21.9. The monoisotopic (exact) mass is 526 g/mol. The molecule has 3 fully saturated rings. The van der Waals surface area contributed by atoms with Gasteiger partial charge in [-0.1, -0.05) is 39.3 Å². The van der Waals surface area contributed by atoms with Gasteiger partial charge in [0.25, 0.3) is 0 Å². The van der Waals surface area contributed by atoms with E-state index < -0.39 is 35.9 Å². The summed E-state index contributed by atoms with van der Waals surface area (Å²) in [5.74, 6) is 1.72. The van der Waals surface area contributed by atoms with Gasteiger partial charge in [0.15, 0.2) is 0 Å². The first kappa shape index (κ1) is 28.3. The highest BCUT2D eigenvalue weighted by molar-refractivity contribution is 7.99. The van der Waals surface area contributed by atoms with E-state index in [1.807, 2.05) is 6.92 Å². The fraction of sp³-hybridized carbons (Fsp3) is 0.889. The maximum atomic E-state index is 13.8. The van der Waals surface area contributed by atoms with Gasteiger partial charge in [0, 0.05) is 12.5 Å². The predicted molar refractivity (Wildman–Crippen MR) is 140 cm³/mol. The summed E-state index contributed by atoms with van der Waals surface area (Å²) in [7, 11) is 0. The molecule has 4 aliphatic rings. The number of fused-ring (bicyclic) bond motifs is 3. The summed E-state index contributed by atoms with van der Waals surface area (Å²) in [5.41, 5.74) is 2.42. The Hall–Kier alpha value is -0.680. The van der Waals surface area contributed by atoms with E-state index in [0.717, 1.165) is 57.2 Å². The minimum atomic E-state index is -1.33. The van der Waals surface area contributed by atoms with Gasteiger partial charge in [0.2, 0.25) is 5.91 Å². The van der Waals surface area contributed by atoms with Crippen LogP contribution in [-0.2, 0) is 14.4 Å². The molecule has 5 N–H and O–H groups in total. The van der Waals surface area contributed by atoms with Gasteiger partial charge >= 0.3 is 0 Å². The molecule has 4 rings (SSSR count). The number of hydroxylamine groups is 1. The van der Waals surface area contributed by atoms with E-state index in [9.17, 15) is 20.1 Å². The molecule has 11 atom stereocenters. The number of ether oxygens (including phenoxy) is 1. The number of carbonyl (C=O) groups excluding carboxylic acids is 1. The number of aliphatic hydroxyl groups is 3. The standard InChI is InChI=1S/C27H46N2O6S/c1-15(2)13-17-10-8-11-18(24-19(17)14-28-35-24)26(33)29-20-16(3)9-6-4-5-7-12-36-27-23(32)21(30)22(31)25(20)34-27/h6,9,15-25,27-28,30-32H,4-5,7-8,10-14H2,1-3H3,(H,29,33)/b9-6+/t16-,17-,18-,19?,20+,21-,22+,23+,24-,25+,27+/m0/s1. The zero-order valence-corrected chi connectivity index (χ0v) is 22.7. The lowest BCUT2D eigenvalue weighted by Gasteiger charge is -2.45. The van der Waals surface area contributed by atoms with Crippen LogP contribution in [0, 0.1) is 29.6 Å². The van der Waals surface area contributed by atoms with Crippen molar-refractivity contribution in [3.63, 3.8) is 0 Å². The highest BCUT2D eigenvalue weighted by Crippen LogP contribution is 2.40. The minimum Gasteiger partial charge on any atom is -0.388 e. The summed E-state index contributed by atoms with van der Waals surface area (Å²) < 4.78 is 6.21. The molecule has 0 spiro atoms.